The smallest absolute Gasteiger partial charge is 0.417 e. The summed E-state index contributed by atoms with van der Waals surface area (Å²) in [5, 5.41) is 22.0. The van der Waals surface area contributed by atoms with Crippen molar-refractivity contribution in [1.82, 2.24) is 55.1 Å². The molecule has 4 saturated heterocycles. The Morgan fingerprint density at radius 2 is 1.22 bits per heavy atom. The Balaban J connectivity index is 0.000000234. The zero-order chi connectivity index (χ0) is 100. The van der Waals surface area contributed by atoms with Gasteiger partial charge in [-0.05, 0) is 222 Å². The molecule has 0 radical (unpaired) electrons. The summed E-state index contributed by atoms with van der Waals surface area (Å²) in [6.45, 7) is 16.3. The molecule has 4 aliphatic heterocycles. The van der Waals surface area contributed by atoms with Crippen LogP contribution in [0.3, 0.4) is 0 Å². The van der Waals surface area contributed by atoms with Crippen molar-refractivity contribution in [3.05, 3.63) is 270 Å². The van der Waals surface area contributed by atoms with Crippen molar-refractivity contribution in [2.24, 2.45) is 36.5 Å². The van der Waals surface area contributed by atoms with Gasteiger partial charge in [0.1, 0.15) is 53.0 Å². The van der Waals surface area contributed by atoms with Crippen LogP contribution in [0.2, 0.25) is 25.1 Å². The zero-order valence-electron chi connectivity index (χ0n) is 78.7. The quantitative estimate of drug-likeness (QED) is 0.0189. The second kappa shape index (κ2) is 50.1. The van der Waals surface area contributed by atoms with Crippen molar-refractivity contribution >= 4 is 135 Å². The first-order valence-electron chi connectivity index (χ1n) is 47.2. The Labute approximate surface area is 848 Å². The number of nitrogens with one attached hydrogen (secondary N) is 5. The number of ether oxygens (including phenoxy) is 3. The Hall–Kier alpha value is -9.59. The number of alkyl halides is 3. The van der Waals surface area contributed by atoms with Gasteiger partial charge < -0.3 is 75.1 Å². The van der Waals surface area contributed by atoms with Crippen molar-refractivity contribution < 1.29 is 76.7 Å². The molecular formula is C103H130Cl5F5N12O13S2. The van der Waals surface area contributed by atoms with E-state index in [1.54, 1.807) is 59.9 Å². The number of piperidine rings is 4. The molecule has 37 heteroatoms. The fourth-order valence-corrected chi connectivity index (χ4v) is 21.1. The molecule has 16 rings (SSSR count). The number of thiazole rings is 1. The highest BCUT2D eigenvalue weighted by Crippen LogP contribution is 2.45. The number of ketones is 1. The molecule has 0 bridgehead atoms. The van der Waals surface area contributed by atoms with E-state index in [0.29, 0.717) is 123 Å². The Morgan fingerprint density at radius 1 is 0.614 bits per heavy atom. The van der Waals surface area contributed by atoms with Gasteiger partial charge in [0.15, 0.2) is 0 Å². The lowest BCUT2D eigenvalue weighted by Crippen LogP contribution is -2.48. The van der Waals surface area contributed by atoms with E-state index in [4.69, 9.17) is 77.9 Å². The molecule has 1 saturated carbocycles. The number of amides is 3. The van der Waals surface area contributed by atoms with E-state index in [9.17, 15) is 69.7 Å². The van der Waals surface area contributed by atoms with Crippen LogP contribution in [0.4, 0.5) is 22.0 Å². The number of Topliss-reactive ketones (excluding diaryl/α,β-unsaturated/α-hetero) is 1. The fourth-order valence-electron chi connectivity index (χ4n) is 18.8. The van der Waals surface area contributed by atoms with Gasteiger partial charge in [-0.3, -0.25) is 42.7 Å². The number of hydrogen-bond donors (Lipinski definition) is 9. The third kappa shape index (κ3) is 30.5. The molecule has 25 nitrogen and oxygen atoms in total. The summed E-state index contributed by atoms with van der Waals surface area (Å²) in [6.07, 6.45) is 13.9. The standard InChI is InChI=1S/C29H35FN2OS.C27H33Cl2N3O5S.C25H28ClFN4O3.C22H24Cl2F3N3O4.5H2/c30-26-10-7-21(8-11-26)14-23-4-3-13-32(18-23)19-25-6-2-1-5-24(25)17-27(33)15-22-9-12-28-29(16-22)34-20-31-28;1-16(15-32-10-8-18(9-11-32)37-24-7-6-23(28)17(2)25(24)29)13-30-27(34)22-14-31-26(33)21-12-19(38(3,35)36)4-5-20(21)22;1-15-11-16(26)5-6-22(15)34-18-7-9-31(10-8-18)14-17(28)12-29-24(32)20-13-30-25(33)23-19(20)3-2-4-21(23)27;1-29-12-16(17(9-20(29)32)22(25,26)27)21(33)28-10-13(31)11-30-6-4-14(5-7-30)34-15-2-3-18(23)19(24)8-15;;;;;/h7-12,16,20,23-25H,1-6,13-15,17-19H2;4-7,12,14,16,18,35-36H,8-11,13,15H2,1-3H3,(H,30,34)(H,31,33);2-6,11,13,17-18H,7-10,12,14,28H2,1H3,(H,29,32)(H,30,33);2-3,8-9,12-14,31H,4-7,10-11H2,1H3,(H,28,33);5*1H/t23-,24-,25-;16-;17-;13-;;;;;/m0111...../s1. The summed E-state index contributed by atoms with van der Waals surface area (Å²) < 4.78 is 107. The van der Waals surface area contributed by atoms with Gasteiger partial charge in [-0.25, -0.2) is 13.8 Å². The predicted octanol–water partition coefficient (Wildman–Crippen LogP) is 20.3. The number of nitrogens with zero attached hydrogens (tertiary/aromatic N) is 6. The molecule has 4 aromatic heterocycles. The van der Waals surface area contributed by atoms with Gasteiger partial charge in [0.2, 0.25) is 0 Å². The molecular weight excluding hydrogens is 1950 g/mol. The number of aryl methyl sites for hydroxylation is 2. The van der Waals surface area contributed by atoms with Crippen LogP contribution in [0.15, 0.2) is 177 Å². The average Bonchev–Trinajstić information content (AvgIpc) is 1.06. The number of halogens is 10. The number of carbonyl (C=O) groups is 4. The maximum atomic E-state index is 14.1. The number of β-amino-alcohol motifs (C(OH)–C–C–N with tert-alkyl or cyclic N) is 1. The summed E-state index contributed by atoms with van der Waals surface area (Å²) in [5.74, 6) is 1.98. The molecule has 0 unspecified atom stereocenters. The minimum absolute atomic E-state index is 0. The van der Waals surface area contributed by atoms with Crippen LogP contribution < -0.4 is 52.6 Å². The minimum atomic E-state index is -4.86. The van der Waals surface area contributed by atoms with E-state index in [1.165, 1.54) is 105 Å². The SMILES string of the molecule is Cc1c(Cl)ccc(OC2CCN(C[C@H](C)CNC(=O)c3c[nH]c(=O)c4cc(S(C)(O)O)ccc34)CC2)c1Cl.Cc1cc(Cl)ccc1OC1CCN(C[C@H](N)CNC(=O)c2c[nH]c(=O)c3c(F)cccc23)CC1.Cn1cc(C(=O)NC[C@@H](O)CN2CCC(Oc3ccc(Cl)c(Cl)c3)CC2)c(C(F)(F)F)cc1=O.O=C(Cc1ccc2ncsc2c1)C[C@@H]1CCCC[C@H]1CN1CCC[C@@H](Cc2ccc(F)cc2)C1.[HH].[HH].[HH].[HH].[HH]. The lowest BCUT2D eigenvalue weighted by Gasteiger charge is -2.39. The lowest BCUT2D eigenvalue weighted by atomic mass is 9.75. The normalized spacial score (nSPS) is 18.1. The summed E-state index contributed by atoms with van der Waals surface area (Å²) in [6, 6.07) is 36.4. The first-order valence-corrected chi connectivity index (χ1v) is 51.9. The monoisotopic (exact) mass is 2080 g/mol. The van der Waals surface area contributed by atoms with Crippen molar-refractivity contribution in [2.75, 3.05) is 104 Å². The molecule has 11 aromatic rings. The van der Waals surface area contributed by atoms with Crippen LogP contribution in [-0.4, -0.2) is 212 Å². The van der Waals surface area contributed by atoms with Gasteiger partial charge in [0, 0.05) is 188 Å². The third-order valence-corrected chi connectivity index (χ3v) is 30.1. The van der Waals surface area contributed by atoms with Crippen LogP contribution in [-0.2, 0) is 30.9 Å². The summed E-state index contributed by atoms with van der Waals surface area (Å²) >= 11 is 32.1. The van der Waals surface area contributed by atoms with Crippen molar-refractivity contribution in [3.63, 3.8) is 0 Å². The van der Waals surface area contributed by atoms with Gasteiger partial charge in [0.25, 0.3) is 34.4 Å². The molecule has 3 amide bonds. The largest absolute Gasteiger partial charge is 0.490 e. The number of pyridine rings is 3. The van der Waals surface area contributed by atoms with Gasteiger partial charge in [-0.15, -0.1) is 11.3 Å². The maximum Gasteiger partial charge on any atom is 0.417 e. The van der Waals surface area contributed by atoms with E-state index >= 15 is 0 Å². The fraction of sp³-hybridized carbons (Fsp3) is 0.437. The predicted molar refractivity (Wildman–Crippen MR) is 555 cm³/mol. The first kappa shape index (κ1) is 108. The summed E-state index contributed by atoms with van der Waals surface area (Å²) in [4.78, 5) is 106. The number of aliphatic hydroxyl groups is 1. The van der Waals surface area contributed by atoms with Crippen LogP contribution in [0.5, 0.6) is 17.2 Å². The number of nitrogens with two attached hydrogens (primary N) is 1. The second-order valence-electron chi connectivity index (χ2n) is 37.3. The van der Waals surface area contributed by atoms with Gasteiger partial charge in [-0.2, -0.15) is 23.8 Å². The third-order valence-electron chi connectivity index (χ3n) is 26.3. The average molecular weight is 2080 g/mol. The van der Waals surface area contributed by atoms with Gasteiger partial charge in [-0.1, -0.05) is 114 Å². The number of aromatic amines is 2. The number of aromatic nitrogens is 4. The van der Waals surface area contributed by atoms with Gasteiger partial charge in [0.05, 0.1) is 69.4 Å². The first-order chi connectivity index (χ1) is 66.8. The molecule has 6 atom stereocenters. The Kier molecular flexibility index (Phi) is 38.5. The molecule has 10 N–H and O–H groups in total. The van der Waals surface area contributed by atoms with E-state index in [0.717, 1.165) is 123 Å². The highest BCUT2D eigenvalue weighted by atomic mass is 35.5. The number of aliphatic hydroxyl groups excluding tert-OH is 1. The van der Waals surface area contributed by atoms with Crippen molar-refractivity contribution in [2.45, 2.75) is 159 Å². The highest BCUT2D eigenvalue weighted by molar-refractivity contribution is 8.23. The van der Waals surface area contributed by atoms with E-state index in [1.807, 2.05) is 66.7 Å². The molecule has 1 aliphatic carbocycles. The Morgan fingerprint density at radius 3 is 1.89 bits per heavy atom. The molecule has 0 spiro atoms. The lowest BCUT2D eigenvalue weighted by molar-refractivity contribution is -0.138. The molecule has 5 fully saturated rings. The molecule has 7 aromatic carbocycles. The molecule has 140 heavy (non-hydrogen) atoms. The molecule has 8 heterocycles. The van der Waals surface area contributed by atoms with Crippen LogP contribution in [0.1, 0.15) is 156 Å². The number of carbonyl (C=O) groups excluding carboxylic acids is 4. The van der Waals surface area contributed by atoms with Crippen LogP contribution in [0, 0.1) is 49.2 Å². The number of rotatable bonds is 30. The van der Waals surface area contributed by atoms with Crippen molar-refractivity contribution in [3.8, 4) is 17.2 Å². The molecule has 762 valence electrons. The molecule has 5 aliphatic rings. The van der Waals surface area contributed by atoms with E-state index < -0.39 is 68.3 Å². The number of H-pyrrole nitrogens is 2. The van der Waals surface area contributed by atoms with E-state index in [2.05, 4.69) is 64.7 Å². The Bertz CT molecular complexity index is 6340. The van der Waals surface area contributed by atoms with E-state index in [-0.39, 0.29) is 95.4 Å². The number of likely N-dealkylation sites (tertiary alicyclic amines) is 4. The van der Waals surface area contributed by atoms with Crippen LogP contribution >= 0.6 is 79.9 Å². The number of hydrogen-bond acceptors (Lipinski definition) is 20. The maximum absolute atomic E-state index is 14.1. The minimum Gasteiger partial charge on any atom is -0.490 e. The van der Waals surface area contributed by atoms with Crippen LogP contribution in [0.25, 0.3) is 31.8 Å². The summed E-state index contributed by atoms with van der Waals surface area (Å²) in [5.41, 5.74) is 10.1. The number of fused-ring (bicyclic) bond motifs is 3. The second-order valence-corrected chi connectivity index (χ2v) is 42.3. The van der Waals surface area contributed by atoms with Gasteiger partial charge >= 0.3 is 6.18 Å². The zero-order valence-corrected chi connectivity index (χ0v) is 84.1. The summed E-state index contributed by atoms with van der Waals surface area (Å²) in [7, 11) is -1.73. The number of benzene rings is 7. The topological polar surface area (TPSA) is 332 Å². The van der Waals surface area contributed by atoms with Crippen molar-refractivity contribution in [1.29, 1.82) is 0 Å². The highest BCUT2D eigenvalue weighted by Gasteiger charge is 2.38.